The topological polar surface area (TPSA) is 211 Å². The molecular formula is C26H26N8O8S3. The number of aromatic nitrogens is 2. The van der Waals surface area contributed by atoms with Crippen molar-refractivity contribution < 1.29 is 38.7 Å². The number of rotatable bonds is 11. The van der Waals surface area contributed by atoms with E-state index in [4.69, 9.17) is 0 Å². The first-order valence-electron chi connectivity index (χ1n) is 13.4. The molecule has 1 aromatic carbocycles. The van der Waals surface area contributed by atoms with Gasteiger partial charge >= 0.3 is 23.8 Å². The average molecular weight is 675 g/mol. The van der Waals surface area contributed by atoms with E-state index in [0.29, 0.717) is 14.8 Å². The second-order valence-electron chi connectivity index (χ2n) is 9.78. The largest absolute Gasteiger partial charge is 0.477 e. The van der Waals surface area contributed by atoms with Crippen LogP contribution in [0.5, 0.6) is 0 Å². The van der Waals surface area contributed by atoms with Gasteiger partial charge in [0, 0.05) is 31.1 Å². The molecule has 1 unspecified atom stereocenters. The first-order valence-corrected chi connectivity index (χ1v) is 16.3. The van der Waals surface area contributed by atoms with Gasteiger partial charge in [-0.15, -0.1) is 22.0 Å². The molecule has 3 atom stereocenters. The third-order valence-electron chi connectivity index (χ3n) is 7.27. The van der Waals surface area contributed by atoms with Crippen LogP contribution in [0, 0.1) is 0 Å². The Bertz CT molecular complexity index is 1570. The smallest absolute Gasteiger partial charge is 0.352 e. The number of nitrogens with zero attached hydrogens (tertiary/aromatic N) is 5. The summed E-state index contributed by atoms with van der Waals surface area (Å²) in [6, 6.07) is 5.47. The molecule has 2 saturated heterocycles. The van der Waals surface area contributed by atoms with Crippen LogP contribution in [-0.2, 0) is 28.8 Å². The summed E-state index contributed by atoms with van der Waals surface area (Å²) >= 11 is 3.68. The van der Waals surface area contributed by atoms with Crippen LogP contribution >= 0.6 is 34.9 Å². The average Bonchev–Trinajstić information content (AvgIpc) is 3.57. The fraction of sp³-hybridized carbons (Fsp3) is 0.346. The molecule has 0 spiro atoms. The number of hydrogen-bond acceptors (Lipinski definition) is 12. The molecule has 0 saturated carbocycles. The number of carboxylic acid groups (broad SMARTS) is 1. The Hall–Kier alpha value is -4.49. The minimum absolute atomic E-state index is 0.0971. The zero-order valence-corrected chi connectivity index (χ0v) is 25.9. The number of imide groups is 1. The van der Waals surface area contributed by atoms with Gasteiger partial charge in [0.2, 0.25) is 18.0 Å². The molecule has 19 heteroatoms. The predicted molar refractivity (Wildman–Crippen MR) is 160 cm³/mol. The summed E-state index contributed by atoms with van der Waals surface area (Å²) in [6.07, 6.45) is 0.217. The number of carboxylic acids is 1. The minimum atomic E-state index is -2.04. The Morgan fingerprint density at radius 1 is 1.18 bits per heavy atom. The summed E-state index contributed by atoms with van der Waals surface area (Å²) in [4.78, 5) is 92.8. The van der Waals surface area contributed by atoms with Crippen LogP contribution in [0.1, 0.15) is 18.5 Å². The molecule has 3 aliphatic heterocycles. The molecule has 5 rings (SSSR count). The number of nitrogens with one attached hydrogen (secondary N) is 3. The molecule has 0 bridgehead atoms. The zero-order valence-electron chi connectivity index (χ0n) is 23.5. The Kier molecular flexibility index (Phi) is 9.40. The van der Waals surface area contributed by atoms with Crippen LogP contribution in [0.25, 0.3) is 0 Å². The number of likely N-dealkylation sites (N-methyl/N-ethyl adjacent to an activating group) is 1. The van der Waals surface area contributed by atoms with Crippen LogP contribution in [0.3, 0.4) is 0 Å². The van der Waals surface area contributed by atoms with E-state index in [1.165, 1.54) is 45.6 Å². The fourth-order valence-electron chi connectivity index (χ4n) is 5.07. The van der Waals surface area contributed by atoms with Crippen LogP contribution < -0.4 is 16.0 Å². The Morgan fingerprint density at radius 3 is 2.58 bits per heavy atom. The van der Waals surface area contributed by atoms with Crippen molar-refractivity contribution in [1.29, 1.82) is 0 Å². The molecule has 45 heavy (non-hydrogen) atoms. The highest BCUT2D eigenvalue weighted by Gasteiger charge is 2.66. The van der Waals surface area contributed by atoms with Gasteiger partial charge in [0.1, 0.15) is 22.6 Å². The van der Waals surface area contributed by atoms with Gasteiger partial charge in [-0.05, 0) is 18.1 Å². The third-order valence-corrected chi connectivity index (χ3v) is 10.6. The summed E-state index contributed by atoms with van der Waals surface area (Å²) in [5.41, 5.74) is -0.0482. The van der Waals surface area contributed by atoms with Gasteiger partial charge in [0.15, 0.2) is 4.34 Å². The van der Waals surface area contributed by atoms with Crippen LogP contribution in [0.4, 0.5) is 4.79 Å². The van der Waals surface area contributed by atoms with Crippen LogP contribution in [0.2, 0.25) is 0 Å². The van der Waals surface area contributed by atoms with E-state index < -0.39 is 52.7 Å². The molecule has 236 valence electrons. The summed E-state index contributed by atoms with van der Waals surface area (Å²) in [5.74, 6) is -4.71. The van der Waals surface area contributed by atoms with Crippen molar-refractivity contribution in [1.82, 2.24) is 40.8 Å². The van der Waals surface area contributed by atoms with Gasteiger partial charge in [-0.1, -0.05) is 53.4 Å². The minimum Gasteiger partial charge on any atom is -0.477 e. The Morgan fingerprint density at radius 2 is 1.93 bits per heavy atom. The van der Waals surface area contributed by atoms with Crippen LogP contribution in [0.15, 0.2) is 51.5 Å². The van der Waals surface area contributed by atoms with Crippen molar-refractivity contribution in [2.24, 2.45) is 0 Å². The highest BCUT2D eigenvalue weighted by Crippen LogP contribution is 2.46. The SMILES string of the molecule is CCN1CCN(C(=O)NC(C(=O)N[C@]2(NC=O)C(=O)N3C(C(=O)O)=C(CSc4nncs4)CS[C@@H]32)c2ccccc2)C(=O)C1=O. The molecule has 3 aliphatic rings. The first kappa shape index (κ1) is 31.9. The normalized spacial score (nSPS) is 21.9. The van der Waals surface area contributed by atoms with Gasteiger partial charge in [-0.3, -0.25) is 33.8 Å². The second kappa shape index (κ2) is 13.2. The molecule has 2 fully saturated rings. The number of carbonyl (C=O) groups is 7. The molecule has 1 aromatic heterocycles. The van der Waals surface area contributed by atoms with Crippen molar-refractivity contribution in [3.8, 4) is 0 Å². The van der Waals surface area contributed by atoms with E-state index in [0.717, 1.165) is 16.7 Å². The lowest BCUT2D eigenvalue weighted by Crippen LogP contribution is -2.85. The number of thioether (sulfide) groups is 2. The Balaban J connectivity index is 1.39. The first-order chi connectivity index (χ1) is 21.6. The van der Waals surface area contributed by atoms with Crippen molar-refractivity contribution >= 4 is 76.9 Å². The van der Waals surface area contributed by atoms with Gasteiger partial charge < -0.3 is 26.0 Å². The van der Waals surface area contributed by atoms with E-state index >= 15 is 0 Å². The number of amides is 7. The molecule has 0 radical (unpaired) electrons. The van der Waals surface area contributed by atoms with E-state index in [2.05, 4.69) is 26.1 Å². The molecule has 7 amide bonds. The van der Waals surface area contributed by atoms with Crippen molar-refractivity contribution in [3.63, 3.8) is 0 Å². The van der Waals surface area contributed by atoms with E-state index in [1.807, 2.05) is 0 Å². The third kappa shape index (κ3) is 5.97. The quantitative estimate of drug-likeness (QED) is 0.0788. The van der Waals surface area contributed by atoms with E-state index in [9.17, 15) is 38.7 Å². The fourth-order valence-corrected chi connectivity index (χ4v) is 8.12. The maximum Gasteiger partial charge on any atom is 0.352 e. The molecule has 4 N–H and O–H groups in total. The van der Waals surface area contributed by atoms with E-state index in [-0.39, 0.29) is 48.8 Å². The zero-order chi connectivity index (χ0) is 32.3. The maximum absolute atomic E-state index is 13.8. The molecule has 0 aliphatic carbocycles. The highest BCUT2D eigenvalue weighted by atomic mass is 32.2. The van der Waals surface area contributed by atoms with Crippen molar-refractivity contribution in [3.05, 3.63) is 52.7 Å². The predicted octanol–water partition coefficient (Wildman–Crippen LogP) is -0.416. The molecule has 4 heterocycles. The molecule has 16 nitrogen and oxygen atoms in total. The number of β-lactam (4-membered cyclic amide) rings is 1. The lowest BCUT2D eigenvalue weighted by molar-refractivity contribution is -0.163. The van der Waals surface area contributed by atoms with Gasteiger partial charge in [-0.25, -0.2) is 9.59 Å². The molecule has 2 aromatic rings. The van der Waals surface area contributed by atoms with Gasteiger partial charge in [0.05, 0.1) is 0 Å². The summed E-state index contributed by atoms with van der Waals surface area (Å²) in [6.45, 7) is 2.00. The standard InChI is InChI=1S/C26H26N8O8S3/c1-2-32-8-9-33(20(38)19(32)37)24(42)29-16(14-6-4-3-5-7-14)18(36)30-26(27-12-35)22(41)34-17(21(39)40)15(10-43-23(26)34)11-44-25-31-28-13-45-25/h3-7,12-13,16,23H,2,8-11H2,1H3,(H,27,35)(H,29,42)(H,30,36)(H,39,40)/t16?,23-,26-/m1/s1. The van der Waals surface area contributed by atoms with E-state index in [1.54, 1.807) is 25.1 Å². The number of hydrogen-bond donors (Lipinski definition) is 4. The van der Waals surface area contributed by atoms with Crippen LogP contribution in [-0.4, -0.2) is 114 Å². The number of aliphatic carboxylic acids is 1. The number of carbonyl (C=O) groups excluding carboxylic acids is 6. The summed E-state index contributed by atoms with van der Waals surface area (Å²) in [5, 5.41) is 24.0. The molecular weight excluding hydrogens is 649 g/mol. The van der Waals surface area contributed by atoms with Gasteiger partial charge in [0.25, 0.3) is 5.91 Å². The number of urea groups is 1. The Labute approximate surface area is 267 Å². The number of piperazine rings is 1. The van der Waals surface area contributed by atoms with Crippen molar-refractivity contribution in [2.45, 2.75) is 28.3 Å². The van der Waals surface area contributed by atoms with Crippen molar-refractivity contribution in [2.75, 3.05) is 31.1 Å². The second-order valence-corrected chi connectivity index (χ2v) is 12.9. The summed E-state index contributed by atoms with van der Waals surface area (Å²) in [7, 11) is 0. The lowest BCUT2D eigenvalue weighted by Gasteiger charge is -2.56. The highest BCUT2D eigenvalue weighted by molar-refractivity contribution is 8.01. The van der Waals surface area contributed by atoms with Gasteiger partial charge in [-0.2, -0.15) is 0 Å². The lowest BCUT2D eigenvalue weighted by atomic mass is 9.94. The monoisotopic (exact) mass is 674 g/mol. The number of benzene rings is 1. The number of fused-ring (bicyclic) bond motifs is 1. The maximum atomic E-state index is 13.8. The summed E-state index contributed by atoms with van der Waals surface area (Å²) < 4.78 is 0.617.